The zero-order chi connectivity index (χ0) is 12.9. The number of hydrogen-bond acceptors (Lipinski definition) is 4. The summed E-state index contributed by atoms with van der Waals surface area (Å²) in [5.74, 6) is -0.385. The van der Waals surface area contributed by atoms with Gasteiger partial charge >= 0.3 is 0 Å². The highest BCUT2D eigenvalue weighted by Gasteiger charge is 2.29. The average molecular weight is 264 g/mol. The molecule has 1 saturated heterocycles. The molecule has 1 atom stereocenters. The Morgan fingerprint density at radius 2 is 2.24 bits per heavy atom. The summed E-state index contributed by atoms with van der Waals surface area (Å²) in [4.78, 5) is 11.7. The predicted molar refractivity (Wildman–Crippen MR) is 63.9 cm³/mol. The Morgan fingerprint density at radius 3 is 2.82 bits per heavy atom. The number of aliphatic hydroxyl groups excluding tert-OH is 1. The fourth-order valence-corrected chi connectivity index (χ4v) is 2.80. The van der Waals surface area contributed by atoms with E-state index in [1.165, 1.54) is 10.6 Å². The number of carbonyl (C=O) groups excluding carboxylic acids is 1. The Labute approximate surface area is 102 Å². The van der Waals surface area contributed by atoms with Crippen LogP contribution in [0.1, 0.15) is 19.3 Å². The molecule has 17 heavy (non-hydrogen) atoms. The summed E-state index contributed by atoms with van der Waals surface area (Å²) in [6.45, 7) is 1.24. The molecule has 0 saturated carbocycles. The molecule has 0 aromatic rings. The molecule has 1 aliphatic rings. The van der Waals surface area contributed by atoms with Gasteiger partial charge in [0.2, 0.25) is 15.9 Å². The van der Waals surface area contributed by atoms with Gasteiger partial charge in [-0.15, -0.1) is 0 Å². The molecule has 100 valence electrons. The number of hydrogen-bond donors (Lipinski definition) is 2. The fraction of sp³-hybridized carbons (Fsp3) is 0.900. The van der Waals surface area contributed by atoms with Crippen molar-refractivity contribution in [1.82, 2.24) is 9.62 Å². The minimum Gasteiger partial charge on any atom is -0.396 e. The van der Waals surface area contributed by atoms with Crippen molar-refractivity contribution in [3.63, 3.8) is 0 Å². The third kappa shape index (κ3) is 4.61. The summed E-state index contributed by atoms with van der Waals surface area (Å²) in [6, 6.07) is 0. The van der Waals surface area contributed by atoms with Gasteiger partial charge in [0, 0.05) is 26.2 Å². The van der Waals surface area contributed by atoms with E-state index in [9.17, 15) is 13.2 Å². The van der Waals surface area contributed by atoms with Crippen LogP contribution in [-0.2, 0) is 14.8 Å². The number of nitrogens with zero attached hydrogens (tertiary/aromatic N) is 1. The van der Waals surface area contributed by atoms with Crippen LogP contribution in [0.3, 0.4) is 0 Å². The highest BCUT2D eigenvalue weighted by atomic mass is 32.2. The van der Waals surface area contributed by atoms with Crippen LogP contribution in [0.4, 0.5) is 0 Å². The van der Waals surface area contributed by atoms with Crippen LogP contribution in [0, 0.1) is 5.92 Å². The number of nitrogens with one attached hydrogen (secondary N) is 1. The second-order valence-electron chi connectivity index (χ2n) is 4.33. The number of amides is 1. The van der Waals surface area contributed by atoms with Crippen molar-refractivity contribution in [2.24, 2.45) is 5.92 Å². The van der Waals surface area contributed by atoms with Crippen LogP contribution >= 0.6 is 0 Å². The molecular weight excluding hydrogens is 244 g/mol. The third-order valence-electron chi connectivity index (χ3n) is 2.86. The van der Waals surface area contributed by atoms with Gasteiger partial charge in [-0.3, -0.25) is 4.79 Å². The minimum absolute atomic E-state index is 0.0421. The molecule has 7 heteroatoms. The van der Waals surface area contributed by atoms with E-state index in [0.29, 0.717) is 25.9 Å². The van der Waals surface area contributed by atoms with E-state index in [0.717, 1.165) is 6.42 Å². The summed E-state index contributed by atoms with van der Waals surface area (Å²) in [6.07, 6.45) is 3.12. The minimum atomic E-state index is -3.20. The summed E-state index contributed by atoms with van der Waals surface area (Å²) in [5, 5.41) is 11.3. The van der Waals surface area contributed by atoms with Crippen LogP contribution in [0.2, 0.25) is 0 Å². The molecule has 1 aliphatic heterocycles. The van der Waals surface area contributed by atoms with E-state index in [1.54, 1.807) is 0 Å². The first-order valence-electron chi connectivity index (χ1n) is 5.79. The SMILES string of the molecule is CS(=O)(=O)N1CCC[C@H](C(=O)NCCCO)C1. The van der Waals surface area contributed by atoms with Gasteiger partial charge in [-0.1, -0.05) is 0 Å². The Bertz CT molecular complexity index is 355. The third-order valence-corrected chi connectivity index (χ3v) is 4.13. The Morgan fingerprint density at radius 1 is 1.53 bits per heavy atom. The van der Waals surface area contributed by atoms with Crippen molar-refractivity contribution in [1.29, 1.82) is 0 Å². The Kier molecular flexibility index (Phi) is 5.35. The van der Waals surface area contributed by atoms with Gasteiger partial charge in [-0.25, -0.2) is 12.7 Å². The van der Waals surface area contributed by atoms with Crippen LogP contribution in [0.15, 0.2) is 0 Å². The van der Waals surface area contributed by atoms with Gasteiger partial charge in [-0.05, 0) is 19.3 Å². The van der Waals surface area contributed by atoms with E-state index in [2.05, 4.69) is 5.32 Å². The van der Waals surface area contributed by atoms with E-state index in [4.69, 9.17) is 5.11 Å². The standard InChI is InChI=1S/C10H20N2O4S/c1-17(15,16)12-6-2-4-9(8-12)10(14)11-5-3-7-13/h9,13H,2-8H2,1H3,(H,11,14)/t9-/m0/s1. The molecule has 0 spiro atoms. The molecule has 0 aliphatic carbocycles. The quantitative estimate of drug-likeness (QED) is 0.634. The molecule has 6 nitrogen and oxygen atoms in total. The number of rotatable bonds is 5. The molecule has 1 rings (SSSR count). The normalized spacial score (nSPS) is 22.4. The maximum Gasteiger partial charge on any atom is 0.224 e. The average Bonchev–Trinajstić information content (AvgIpc) is 2.28. The zero-order valence-electron chi connectivity index (χ0n) is 10.1. The van der Waals surface area contributed by atoms with Gasteiger partial charge in [0.05, 0.1) is 12.2 Å². The number of aliphatic hydroxyl groups is 1. The van der Waals surface area contributed by atoms with Gasteiger partial charge in [0.1, 0.15) is 0 Å². The molecule has 1 heterocycles. The predicted octanol–water partition coefficient (Wildman–Crippen LogP) is -0.843. The molecular formula is C10H20N2O4S. The molecule has 1 fully saturated rings. The number of sulfonamides is 1. The van der Waals surface area contributed by atoms with Crippen LogP contribution in [-0.4, -0.2) is 56.2 Å². The van der Waals surface area contributed by atoms with Crippen molar-refractivity contribution in [2.45, 2.75) is 19.3 Å². The summed E-state index contributed by atoms with van der Waals surface area (Å²) in [7, 11) is -3.20. The highest BCUT2D eigenvalue weighted by molar-refractivity contribution is 7.88. The molecule has 0 aromatic heterocycles. The van der Waals surface area contributed by atoms with Gasteiger partial charge in [0.25, 0.3) is 0 Å². The maximum atomic E-state index is 11.7. The first kappa shape index (κ1) is 14.4. The van der Waals surface area contributed by atoms with Gasteiger partial charge < -0.3 is 10.4 Å². The van der Waals surface area contributed by atoms with Crippen molar-refractivity contribution < 1.29 is 18.3 Å². The monoisotopic (exact) mass is 264 g/mol. The second-order valence-corrected chi connectivity index (χ2v) is 6.31. The smallest absolute Gasteiger partial charge is 0.224 e. The Balaban J connectivity index is 2.46. The van der Waals surface area contributed by atoms with Gasteiger partial charge in [-0.2, -0.15) is 0 Å². The summed E-state index contributed by atoms with van der Waals surface area (Å²) >= 11 is 0. The van der Waals surface area contributed by atoms with Crippen LogP contribution < -0.4 is 5.32 Å². The van der Waals surface area contributed by atoms with E-state index < -0.39 is 10.0 Å². The summed E-state index contributed by atoms with van der Waals surface area (Å²) < 4.78 is 24.1. The number of piperidine rings is 1. The lowest BCUT2D eigenvalue weighted by Gasteiger charge is -2.30. The molecule has 0 bridgehead atoms. The second kappa shape index (κ2) is 6.32. The highest BCUT2D eigenvalue weighted by Crippen LogP contribution is 2.18. The van der Waals surface area contributed by atoms with Crippen molar-refractivity contribution in [3.8, 4) is 0 Å². The van der Waals surface area contributed by atoms with Crippen LogP contribution in [0.5, 0.6) is 0 Å². The van der Waals surface area contributed by atoms with E-state index in [-0.39, 0.29) is 25.0 Å². The fourth-order valence-electron chi connectivity index (χ4n) is 1.89. The lowest BCUT2D eigenvalue weighted by molar-refractivity contribution is -0.126. The lowest BCUT2D eigenvalue weighted by Crippen LogP contribution is -2.45. The topological polar surface area (TPSA) is 86.7 Å². The summed E-state index contributed by atoms with van der Waals surface area (Å²) in [5.41, 5.74) is 0. The van der Waals surface area contributed by atoms with E-state index in [1.807, 2.05) is 0 Å². The van der Waals surface area contributed by atoms with Crippen LogP contribution in [0.25, 0.3) is 0 Å². The molecule has 0 aromatic carbocycles. The first-order valence-corrected chi connectivity index (χ1v) is 7.63. The van der Waals surface area contributed by atoms with Crippen molar-refractivity contribution >= 4 is 15.9 Å². The lowest BCUT2D eigenvalue weighted by atomic mass is 9.99. The molecule has 0 radical (unpaired) electrons. The first-order chi connectivity index (χ1) is 7.95. The number of carbonyl (C=O) groups is 1. The largest absolute Gasteiger partial charge is 0.396 e. The molecule has 1 amide bonds. The Hall–Kier alpha value is -0.660. The van der Waals surface area contributed by atoms with Crippen molar-refractivity contribution in [2.75, 3.05) is 32.5 Å². The molecule has 0 unspecified atom stereocenters. The van der Waals surface area contributed by atoms with Crippen molar-refractivity contribution in [3.05, 3.63) is 0 Å². The van der Waals surface area contributed by atoms with E-state index >= 15 is 0 Å². The zero-order valence-corrected chi connectivity index (χ0v) is 10.9. The van der Waals surface area contributed by atoms with Gasteiger partial charge in [0.15, 0.2) is 0 Å². The molecule has 2 N–H and O–H groups in total. The maximum absolute atomic E-state index is 11.7.